The minimum absolute atomic E-state index is 0.0249. The summed E-state index contributed by atoms with van der Waals surface area (Å²) in [5.41, 5.74) is 7.95. The Balaban J connectivity index is 1.97. The average Bonchev–Trinajstić information content (AvgIpc) is 2.73. The molecule has 1 aromatic heterocycles. The quantitative estimate of drug-likeness (QED) is 0.838. The van der Waals surface area contributed by atoms with Crippen LogP contribution in [0.2, 0.25) is 0 Å². The summed E-state index contributed by atoms with van der Waals surface area (Å²) in [5, 5.41) is 2.85. The van der Waals surface area contributed by atoms with Gasteiger partial charge >= 0.3 is 0 Å². The highest BCUT2D eigenvalue weighted by Crippen LogP contribution is 2.16. The number of benzene rings is 1. The van der Waals surface area contributed by atoms with E-state index in [0.717, 1.165) is 16.7 Å². The zero-order valence-corrected chi connectivity index (χ0v) is 10.4. The van der Waals surface area contributed by atoms with E-state index in [2.05, 4.69) is 10.3 Å². The average molecular weight is 247 g/mol. The van der Waals surface area contributed by atoms with Gasteiger partial charge in [-0.3, -0.25) is 4.79 Å². The van der Waals surface area contributed by atoms with Crippen LogP contribution in [0.1, 0.15) is 24.3 Å². The fraction of sp³-hybridized carbons (Fsp3) is 0.385. The highest BCUT2D eigenvalue weighted by atomic mass is 16.3. The van der Waals surface area contributed by atoms with Crippen LogP contribution in [0.3, 0.4) is 0 Å². The maximum absolute atomic E-state index is 11.4. The molecule has 0 spiro atoms. The van der Waals surface area contributed by atoms with Crippen LogP contribution >= 0.6 is 0 Å². The van der Waals surface area contributed by atoms with E-state index in [0.29, 0.717) is 31.8 Å². The summed E-state index contributed by atoms with van der Waals surface area (Å²) in [6, 6.07) is 5.72. The molecule has 5 heteroatoms. The van der Waals surface area contributed by atoms with Gasteiger partial charge in [0.05, 0.1) is 0 Å². The van der Waals surface area contributed by atoms with E-state index in [9.17, 15) is 4.79 Å². The van der Waals surface area contributed by atoms with Gasteiger partial charge in [-0.25, -0.2) is 4.98 Å². The van der Waals surface area contributed by atoms with E-state index in [1.807, 2.05) is 25.1 Å². The van der Waals surface area contributed by atoms with Gasteiger partial charge in [-0.15, -0.1) is 0 Å². The predicted molar refractivity (Wildman–Crippen MR) is 68.9 cm³/mol. The summed E-state index contributed by atoms with van der Waals surface area (Å²) < 4.78 is 5.39. The van der Waals surface area contributed by atoms with Gasteiger partial charge in [0, 0.05) is 19.9 Å². The van der Waals surface area contributed by atoms with E-state index in [4.69, 9.17) is 10.2 Å². The summed E-state index contributed by atoms with van der Waals surface area (Å²) in [4.78, 5) is 15.7. The smallest absolute Gasteiger partial charge is 0.220 e. The molecule has 0 radical (unpaired) electrons. The number of nitrogens with one attached hydrogen (secondary N) is 1. The summed E-state index contributed by atoms with van der Waals surface area (Å²) >= 11 is 0. The summed E-state index contributed by atoms with van der Waals surface area (Å²) in [6.07, 6.45) is 1.19. The number of fused-ring (bicyclic) bond motifs is 1. The molecule has 0 aliphatic heterocycles. The molecule has 5 nitrogen and oxygen atoms in total. The van der Waals surface area contributed by atoms with Crippen molar-refractivity contribution in [2.75, 3.05) is 6.54 Å². The predicted octanol–water partition coefficient (Wildman–Crippen LogP) is 1.49. The molecule has 3 N–H and O–H groups in total. The number of nitrogens with zero attached hydrogens (tertiary/aromatic N) is 1. The standard InChI is InChI=1S/C13H17N3O2/c1-9-16-11-7-10(4-5-12(11)18-9)8-15-13(17)3-2-6-14/h4-5,7H,2-3,6,8,14H2,1H3,(H,15,17). The molecular weight excluding hydrogens is 230 g/mol. The van der Waals surface area contributed by atoms with Gasteiger partial charge in [-0.1, -0.05) is 6.07 Å². The molecule has 1 amide bonds. The van der Waals surface area contributed by atoms with Crippen molar-refractivity contribution in [2.24, 2.45) is 5.73 Å². The first kappa shape index (κ1) is 12.6. The van der Waals surface area contributed by atoms with Crippen LogP contribution in [0.25, 0.3) is 11.1 Å². The van der Waals surface area contributed by atoms with Gasteiger partial charge in [0.1, 0.15) is 5.52 Å². The lowest BCUT2D eigenvalue weighted by Crippen LogP contribution is -2.23. The number of amides is 1. The number of carbonyl (C=O) groups excluding carboxylic acids is 1. The number of carbonyl (C=O) groups is 1. The Morgan fingerprint density at radius 1 is 1.50 bits per heavy atom. The van der Waals surface area contributed by atoms with Gasteiger partial charge < -0.3 is 15.5 Å². The molecule has 96 valence electrons. The van der Waals surface area contributed by atoms with Crippen LogP contribution < -0.4 is 11.1 Å². The van der Waals surface area contributed by atoms with Crippen molar-refractivity contribution in [3.63, 3.8) is 0 Å². The number of hydrogen-bond donors (Lipinski definition) is 2. The van der Waals surface area contributed by atoms with Crippen LogP contribution in [-0.2, 0) is 11.3 Å². The molecule has 2 aromatic rings. The first-order valence-electron chi connectivity index (χ1n) is 6.02. The molecule has 1 heterocycles. The minimum Gasteiger partial charge on any atom is -0.441 e. The molecule has 1 aromatic carbocycles. The Kier molecular flexibility index (Phi) is 3.94. The van der Waals surface area contributed by atoms with Crippen LogP contribution in [-0.4, -0.2) is 17.4 Å². The zero-order valence-electron chi connectivity index (χ0n) is 10.4. The van der Waals surface area contributed by atoms with Crippen LogP contribution in [0, 0.1) is 6.92 Å². The number of aryl methyl sites for hydroxylation is 1. The van der Waals surface area contributed by atoms with Crippen molar-refractivity contribution < 1.29 is 9.21 Å². The lowest BCUT2D eigenvalue weighted by atomic mass is 10.2. The van der Waals surface area contributed by atoms with Crippen molar-refractivity contribution in [2.45, 2.75) is 26.3 Å². The molecule has 0 saturated heterocycles. The van der Waals surface area contributed by atoms with Crippen molar-refractivity contribution in [1.82, 2.24) is 10.3 Å². The van der Waals surface area contributed by atoms with E-state index in [1.54, 1.807) is 0 Å². The Morgan fingerprint density at radius 2 is 2.33 bits per heavy atom. The second-order valence-electron chi connectivity index (χ2n) is 4.20. The van der Waals surface area contributed by atoms with Crippen LogP contribution in [0.15, 0.2) is 22.6 Å². The largest absolute Gasteiger partial charge is 0.441 e. The van der Waals surface area contributed by atoms with Crippen LogP contribution in [0.4, 0.5) is 0 Å². The summed E-state index contributed by atoms with van der Waals surface area (Å²) in [6.45, 7) is 2.86. The van der Waals surface area contributed by atoms with Crippen molar-refractivity contribution in [3.8, 4) is 0 Å². The lowest BCUT2D eigenvalue weighted by Gasteiger charge is -2.04. The summed E-state index contributed by atoms with van der Waals surface area (Å²) in [7, 11) is 0. The highest BCUT2D eigenvalue weighted by molar-refractivity contribution is 5.76. The first-order chi connectivity index (χ1) is 8.69. The third-order valence-electron chi connectivity index (χ3n) is 2.66. The molecule has 18 heavy (non-hydrogen) atoms. The Morgan fingerprint density at radius 3 is 3.11 bits per heavy atom. The van der Waals surface area contributed by atoms with E-state index >= 15 is 0 Å². The molecule has 0 saturated carbocycles. The molecule has 0 bridgehead atoms. The second kappa shape index (κ2) is 5.64. The monoisotopic (exact) mass is 247 g/mol. The Labute approximate surface area is 105 Å². The zero-order chi connectivity index (χ0) is 13.0. The molecule has 2 rings (SSSR count). The first-order valence-corrected chi connectivity index (χ1v) is 6.02. The van der Waals surface area contributed by atoms with Gasteiger partial charge in [-0.05, 0) is 30.7 Å². The molecule has 0 aliphatic rings. The number of hydrogen-bond acceptors (Lipinski definition) is 4. The lowest BCUT2D eigenvalue weighted by molar-refractivity contribution is -0.121. The topological polar surface area (TPSA) is 81.2 Å². The number of rotatable bonds is 5. The number of nitrogens with two attached hydrogens (primary N) is 1. The van der Waals surface area contributed by atoms with Crippen LogP contribution in [0.5, 0.6) is 0 Å². The van der Waals surface area contributed by atoms with Gasteiger partial charge in [0.25, 0.3) is 0 Å². The van der Waals surface area contributed by atoms with Gasteiger partial charge in [-0.2, -0.15) is 0 Å². The molecule has 0 atom stereocenters. The molecule has 0 fully saturated rings. The Hall–Kier alpha value is -1.88. The maximum atomic E-state index is 11.4. The van der Waals surface area contributed by atoms with Crippen molar-refractivity contribution in [3.05, 3.63) is 29.7 Å². The normalized spacial score (nSPS) is 10.8. The molecule has 0 aliphatic carbocycles. The fourth-order valence-electron chi connectivity index (χ4n) is 1.75. The van der Waals surface area contributed by atoms with Gasteiger partial charge in [0.15, 0.2) is 11.5 Å². The summed E-state index contributed by atoms with van der Waals surface area (Å²) in [5.74, 6) is 0.672. The third-order valence-corrected chi connectivity index (χ3v) is 2.66. The van der Waals surface area contributed by atoms with E-state index in [1.165, 1.54) is 0 Å². The van der Waals surface area contributed by atoms with E-state index < -0.39 is 0 Å². The molecule has 0 unspecified atom stereocenters. The molecular formula is C13H17N3O2. The maximum Gasteiger partial charge on any atom is 0.220 e. The van der Waals surface area contributed by atoms with E-state index in [-0.39, 0.29) is 5.91 Å². The van der Waals surface area contributed by atoms with Crippen molar-refractivity contribution in [1.29, 1.82) is 0 Å². The second-order valence-corrected chi connectivity index (χ2v) is 4.20. The number of oxazole rings is 1. The highest BCUT2D eigenvalue weighted by Gasteiger charge is 2.04. The van der Waals surface area contributed by atoms with Crippen molar-refractivity contribution >= 4 is 17.0 Å². The minimum atomic E-state index is 0.0249. The fourth-order valence-corrected chi connectivity index (χ4v) is 1.75. The van der Waals surface area contributed by atoms with Gasteiger partial charge in [0.2, 0.25) is 5.91 Å². The third kappa shape index (κ3) is 3.07. The SMILES string of the molecule is Cc1nc2cc(CNC(=O)CCCN)ccc2o1. The Bertz CT molecular complexity index is 548. The number of aromatic nitrogens is 1.